The lowest BCUT2D eigenvalue weighted by molar-refractivity contribution is 0.0799. The van der Waals surface area contributed by atoms with E-state index >= 15 is 0 Å². The Morgan fingerprint density at radius 3 is 2.82 bits per heavy atom. The van der Waals surface area contributed by atoms with Gasteiger partial charge in [-0.15, -0.1) is 0 Å². The fourth-order valence-corrected chi connectivity index (χ4v) is 1.67. The summed E-state index contributed by atoms with van der Waals surface area (Å²) < 4.78 is 13.6. The van der Waals surface area contributed by atoms with E-state index in [2.05, 4.69) is 20.6 Å². The average molecular weight is 306 g/mol. The molecule has 0 radical (unpaired) electrons. The van der Waals surface area contributed by atoms with Crippen LogP contribution in [0.25, 0.3) is 0 Å². The maximum atomic E-state index is 13.6. The molecule has 0 saturated heterocycles. The highest BCUT2D eigenvalue weighted by atomic mass is 19.1. The van der Waals surface area contributed by atoms with E-state index in [-0.39, 0.29) is 23.6 Å². The van der Waals surface area contributed by atoms with Crippen LogP contribution >= 0.6 is 0 Å². The number of carbonyl (C=O) groups is 1. The molecular formula is C14H15FN4O3. The summed E-state index contributed by atoms with van der Waals surface area (Å²) in [6, 6.07) is 5.99. The molecule has 0 fully saturated rings. The summed E-state index contributed by atoms with van der Waals surface area (Å²) in [6.45, 7) is -0.594. The third-order valence-corrected chi connectivity index (χ3v) is 2.78. The minimum Gasteiger partial charge on any atom is -0.394 e. The van der Waals surface area contributed by atoms with Crippen LogP contribution in [0, 0.1) is 5.82 Å². The third kappa shape index (κ3) is 3.96. The number of nitrogens with one attached hydrogen (secondary N) is 2. The van der Waals surface area contributed by atoms with Crippen molar-refractivity contribution in [1.82, 2.24) is 15.3 Å². The number of anilines is 2. The number of rotatable bonds is 6. The van der Waals surface area contributed by atoms with Gasteiger partial charge in [0.05, 0.1) is 30.3 Å². The SMILES string of the molecule is O=C(NC[C@H](O)CO)c1ncncc1Nc1ccccc1F. The predicted octanol–water partition coefficient (Wildman–Crippen LogP) is 0.442. The van der Waals surface area contributed by atoms with Crippen molar-refractivity contribution in [2.75, 3.05) is 18.5 Å². The Bertz CT molecular complexity index is 653. The Morgan fingerprint density at radius 1 is 1.32 bits per heavy atom. The molecule has 0 spiro atoms. The van der Waals surface area contributed by atoms with Crippen LogP contribution in [0.1, 0.15) is 10.5 Å². The van der Waals surface area contributed by atoms with Crippen LogP contribution in [0.2, 0.25) is 0 Å². The van der Waals surface area contributed by atoms with Gasteiger partial charge in [0, 0.05) is 6.54 Å². The molecule has 0 aliphatic heterocycles. The fourth-order valence-electron chi connectivity index (χ4n) is 1.67. The number of para-hydroxylation sites is 1. The standard InChI is InChI=1S/C14H15FN4O3/c15-10-3-1-2-4-11(10)19-12-6-16-8-18-13(12)14(22)17-5-9(21)7-20/h1-4,6,8-9,19-21H,5,7H2,(H,17,22)/t9-/m0/s1. The molecule has 0 aliphatic carbocycles. The Kier molecular flexibility index (Phi) is 5.34. The molecule has 22 heavy (non-hydrogen) atoms. The zero-order valence-electron chi connectivity index (χ0n) is 11.5. The lowest BCUT2D eigenvalue weighted by Gasteiger charge is -2.12. The van der Waals surface area contributed by atoms with Crippen molar-refractivity contribution >= 4 is 17.3 Å². The topological polar surface area (TPSA) is 107 Å². The first-order valence-electron chi connectivity index (χ1n) is 6.50. The maximum Gasteiger partial charge on any atom is 0.272 e. The number of hydrogen-bond acceptors (Lipinski definition) is 6. The molecule has 0 aliphatic rings. The molecule has 1 amide bonds. The zero-order valence-corrected chi connectivity index (χ0v) is 11.5. The Balaban J connectivity index is 2.16. The molecule has 1 heterocycles. The van der Waals surface area contributed by atoms with E-state index in [0.29, 0.717) is 0 Å². The van der Waals surface area contributed by atoms with Crippen LogP contribution in [0.5, 0.6) is 0 Å². The van der Waals surface area contributed by atoms with Gasteiger partial charge in [-0.3, -0.25) is 4.79 Å². The Hall–Kier alpha value is -2.58. The molecule has 0 unspecified atom stereocenters. The van der Waals surface area contributed by atoms with Crippen molar-refractivity contribution in [3.8, 4) is 0 Å². The summed E-state index contributed by atoms with van der Waals surface area (Å²) in [7, 11) is 0. The van der Waals surface area contributed by atoms with E-state index in [1.165, 1.54) is 24.7 Å². The second-order valence-corrected chi connectivity index (χ2v) is 4.44. The molecule has 7 nitrogen and oxygen atoms in total. The number of aromatic nitrogens is 2. The molecule has 1 aromatic carbocycles. The first-order chi connectivity index (χ1) is 10.6. The number of halogens is 1. The highest BCUT2D eigenvalue weighted by molar-refractivity contribution is 5.98. The Labute approximate surface area is 125 Å². The van der Waals surface area contributed by atoms with Crippen LogP contribution in [0.15, 0.2) is 36.8 Å². The molecule has 2 aromatic rings. The Morgan fingerprint density at radius 2 is 2.09 bits per heavy atom. The number of amides is 1. The van der Waals surface area contributed by atoms with Gasteiger partial charge in [0.2, 0.25) is 0 Å². The second-order valence-electron chi connectivity index (χ2n) is 4.44. The van der Waals surface area contributed by atoms with Crippen molar-refractivity contribution in [1.29, 1.82) is 0 Å². The van der Waals surface area contributed by atoms with Crippen LogP contribution in [0.3, 0.4) is 0 Å². The van der Waals surface area contributed by atoms with Crippen LogP contribution in [0.4, 0.5) is 15.8 Å². The first-order valence-corrected chi connectivity index (χ1v) is 6.50. The summed E-state index contributed by atoms with van der Waals surface area (Å²) >= 11 is 0. The summed E-state index contributed by atoms with van der Waals surface area (Å²) in [5.74, 6) is -1.05. The minimum atomic E-state index is -1.06. The number of nitrogens with zero attached hydrogens (tertiary/aromatic N) is 2. The smallest absolute Gasteiger partial charge is 0.272 e. The number of benzene rings is 1. The zero-order chi connectivity index (χ0) is 15.9. The normalized spacial score (nSPS) is 11.8. The molecule has 0 saturated carbocycles. The van der Waals surface area contributed by atoms with E-state index < -0.39 is 24.4 Å². The van der Waals surface area contributed by atoms with Crippen molar-refractivity contribution in [3.63, 3.8) is 0 Å². The number of hydrogen-bond donors (Lipinski definition) is 4. The molecular weight excluding hydrogens is 291 g/mol. The second kappa shape index (κ2) is 7.43. The maximum absolute atomic E-state index is 13.6. The monoisotopic (exact) mass is 306 g/mol. The fraction of sp³-hybridized carbons (Fsp3) is 0.214. The van der Waals surface area contributed by atoms with E-state index in [4.69, 9.17) is 5.11 Å². The number of aliphatic hydroxyl groups excluding tert-OH is 2. The van der Waals surface area contributed by atoms with Gasteiger partial charge in [0.1, 0.15) is 12.1 Å². The summed E-state index contributed by atoms with van der Waals surface area (Å²) in [6.07, 6.45) is 1.47. The predicted molar refractivity (Wildman–Crippen MR) is 77.1 cm³/mol. The molecule has 8 heteroatoms. The van der Waals surface area contributed by atoms with Gasteiger partial charge < -0.3 is 20.8 Å². The van der Waals surface area contributed by atoms with Crippen LogP contribution in [-0.2, 0) is 0 Å². The van der Waals surface area contributed by atoms with E-state index in [1.807, 2.05) is 0 Å². The first kappa shape index (κ1) is 15.8. The molecule has 2 rings (SSSR count). The van der Waals surface area contributed by atoms with Gasteiger partial charge >= 0.3 is 0 Å². The van der Waals surface area contributed by atoms with E-state index in [0.717, 1.165) is 0 Å². The van der Waals surface area contributed by atoms with Crippen molar-refractivity contribution in [3.05, 3.63) is 48.3 Å². The third-order valence-electron chi connectivity index (χ3n) is 2.78. The molecule has 1 atom stereocenters. The lowest BCUT2D eigenvalue weighted by atomic mass is 10.2. The number of aliphatic hydroxyl groups is 2. The highest BCUT2D eigenvalue weighted by Crippen LogP contribution is 2.20. The summed E-state index contributed by atoms with van der Waals surface area (Å²) in [5, 5.41) is 23.1. The van der Waals surface area contributed by atoms with Gasteiger partial charge in [-0.25, -0.2) is 14.4 Å². The molecule has 4 N–H and O–H groups in total. The van der Waals surface area contributed by atoms with Gasteiger partial charge in [-0.2, -0.15) is 0 Å². The number of carbonyl (C=O) groups excluding carboxylic acids is 1. The minimum absolute atomic E-state index is 0.00314. The highest BCUT2D eigenvalue weighted by Gasteiger charge is 2.15. The van der Waals surface area contributed by atoms with Crippen LogP contribution < -0.4 is 10.6 Å². The van der Waals surface area contributed by atoms with E-state index in [9.17, 15) is 14.3 Å². The lowest BCUT2D eigenvalue weighted by Crippen LogP contribution is -2.34. The largest absolute Gasteiger partial charge is 0.394 e. The summed E-state index contributed by atoms with van der Waals surface area (Å²) in [4.78, 5) is 19.7. The van der Waals surface area contributed by atoms with Crippen LogP contribution in [-0.4, -0.2) is 45.3 Å². The van der Waals surface area contributed by atoms with Gasteiger partial charge in [-0.1, -0.05) is 12.1 Å². The quantitative estimate of drug-likeness (QED) is 0.617. The van der Waals surface area contributed by atoms with Crippen molar-refractivity contribution in [2.24, 2.45) is 0 Å². The van der Waals surface area contributed by atoms with Gasteiger partial charge in [0.15, 0.2) is 5.69 Å². The van der Waals surface area contributed by atoms with Gasteiger partial charge in [-0.05, 0) is 12.1 Å². The van der Waals surface area contributed by atoms with E-state index in [1.54, 1.807) is 12.1 Å². The van der Waals surface area contributed by atoms with Gasteiger partial charge in [0.25, 0.3) is 5.91 Å². The van der Waals surface area contributed by atoms with Crippen molar-refractivity contribution in [2.45, 2.75) is 6.10 Å². The van der Waals surface area contributed by atoms with Crippen molar-refractivity contribution < 1.29 is 19.4 Å². The summed E-state index contributed by atoms with van der Waals surface area (Å²) in [5.41, 5.74) is 0.411. The molecule has 0 bridgehead atoms. The molecule has 1 aromatic heterocycles. The molecule has 116 valence electrons. The average Bonchev–Trinajstić information content (AvgIpc) is 2.55.